The molecule has 0 unspecified atom stereocenters. The summed E-state index contributed by atoms with van der Waals surface area (Å²) in [6, 6.07) is 5.56. The maximum Gasteiger partial charge on any atom is 0.263 e. The Bertz CT molecular complexity index is 1170. The zero-order valence-electron chi connectivity index (χ0n) is 16.8. The van der Waals surface area contributed by atoms with E-state index in [4.69, 9.17) is 32.9 Å². The summed E-state index contributed by atoms with van der Waals surface area (Å²) in [5.41, 5.74) is 2.13. The largest absolute Gasteiger partial charge is 0.372 e. The Morgan fingerprint density at radius 1 is 1.40 bits per heavy atom. The van der Waals surface area contributed by atoms with Crippen LogP contribution < -0.4 is 5.56 Å². The number of nitrogens with zero attached hydrogens (tertiary/aromatic N) is 2. The minimum absolute atomic E-state index is 0.00144. The van der Waals surface area contributed by atoms with Crippen LogP contribution in [0.3, 0.4) is 0 Å². The van der Waals surface area contributed by atoms with Gasteiger partial charge in [0.05, 0.1) is 28.1 Å². The second-order valence-electron chi connectivity index (χ2n) is 7.62. The summed E-state index contributed by atoms with van der Waals surface area (Å²) in [4.78, 5) is 20.2. The lowest BCUT2D eigenvalue weighted by molar-refractivity contribution is 0.00200. The highest BCUT2D eigenvalue weighted by molar-refractivity contribution is 7.98. The van der Waals surface area contributed by atoms with Crippen molar-refractivity contribution in [1.82, 2.24) is 9.55 Å². The summed E-state index contributed by atoms with van der Waals surface area (Å²) >= 11 is 15.2. The number of thiophene rings is 1. The van der Waals surface area contributed by atoms with Crippen LogP contribution in [0, 0.1) is 5.92 Å². The van der Waals surface area contributed by atoms with Crippen LogP contribution >= 0.6 is 46.3 Å². The third-order valence-corrected chi connectivity index (χ3v) is 8.09. The van der Waals surface area contributed by atoms with E-state index in [0.717, 1.165) is 32.6 Å². The molecule has 3 heterocycles. The van der Waals surface area contributed by atoms with Gasteiger partial charge in [-0.15, -0.1) is 17.9 Å². The normalized spacial score (nSPS) is 16.2. The van der Waals surface area contributed by atoms with Crippen molar-refractivity contribution in [2.75, 3.05) is 0 Å². The van der Waals surface area contributed by atoms with Gasteiger partial charge >= 0.3 is 0 Å². The summed E-state index contributed by atoms with van der Waals surface area (Å²) < 4.78 is 7.71. The molecule has 0 aliphatic carbocycles. The van der Waals surface area contributed by atoms with Crippen molar-refractivity contribution in [2.45, 2.75) is 50.4 Å². The maximum absolute atomic E-state index is 13.4. The predicted molar refractivity (Wildman–Crippen MR) is 127 cm³/mol. The monoisotopic (exact) mass is 480 g/mol. The number of ether oxygens (including phenoxy) is 1. The van der Waals surface area contributed by atoms with Gasteiger partial charge in [0.2, 0.25) is 0 Å². The molecule has 0 spiro atoms. The van der Waals surface area contributed by atoms with E-state index in [-0.39, 0.29) is 11.7 Å². The molecule has 0 N–H and O–H groups in total. The number of benzene rings is 1. The van der Waals surface area contributed by atoms with Crippen LogP contribution in [0.4, 0.5) is 0 Å². The van der Waals surface area contributed by atoms with Gasteiger partial charge in [-0.3, -0.25) is 9.36 Å². The first kappa shape index (κ1) is 21.9. The summed E-state index contributed by atoms with van der Waals surface area (Å²) in [5.74, 6) is 1.03. The number of thioether (sulfide) groups is 1. The highest BCUT2D eigenvalue weighted by Crippen LogP contribution is 2.36. The molecule has 4 nitrogen and oxygen atoms in total. The minimum Gasteiger partial charge on any atom is -0.372 e. The van der Waals surface area contributed by atoms with Crippen LogP contribution in [-0.4, -0.2) is 15.7 Å². The highest BCUT2D eigenvalue weighted by Gasteiger charge is 2.28. The molecule has 2 aromatic heterocycles. The Balaban J connectivity index is 1.73. The first-order valence-corrected chi connectivity index (χ1v) is 12.3. The predicted octanol–water partition coefficient (Wildman–Crippen LogP) is 6.34. The molecule has 1 aromatic carbocycles. The SMILES string of the molecule is C=CCn1c(SCc2ccc(Cl)c(Cl)c2)nc2sc3c(c2c1=O)C[C@H](C(C)C)OC3. The fourth-order valence-corrected chi connectivity index (χ4v) is 5.98. The molecule has 0 saturated heterocycles. The molecule has 3 aromatic rings. The molecule has 30 heavy (non-hydrogen) atoms. The summed E-state index contributed by atoms with van der Waals surface area (Å²) in [6.45, 7) is 9.08. The molecular weight excluding hydrogens is 459 g/mol. The molecular formula is C22H22Cl2N2O2S2. The highest BCUT2D eigenvalue weighted by atomic mass is 35.5. The maximum atomic E-state index is 13.4. The van der Waals surface area contributed by atoms with Crippen molar-refractivity contribution in [1.29, 1.82) is 0 Å². The molecule has 1 atom stereocenters. The number of hydrogen-bond acceptors (Lipinski definition) is 5. The van der Waals surface area contributed by atoms with Crippen molar-refractivity contribution in [3.63, 3.8) is 0 Å². The van der Waals surface area contributed by atoms with E-state index in [1.807, 2.05) is 12.1 Å². The molecule has 8 heteroatoms. The summed E-state index contributed by atoms with van der Waals surface area (Å²) in [5, 5.41) is 2.47. The van der Waals surface area contributed by atoms with Gasteiger partial charge < -0.3 is 4.74 Å². The lowest BCUT2D eigenvalue weighted by atomic mass is 9.96. The fraction of sp³-hybridized carbons (Fsp3) is 0.364. The molecule has 1 aliphatic rings. The van der Waals surface area contributed by atoms with Crippen LogP contribution in [0.5, 0.6) is 0 Å². The standard InChI is InChI=1S/C22H22Cl2N2O2S2/c1-4-7-26-21(27)19-14-9-17(12(2)3)28-10-18(14)30-20(19)25-22(26)29-11-13-5-6-15(23)16(24)8-13/h4-6,8,12,17H,1,7,9-11H2,2-3H3/t17-/m1/s1. The van der Waals surface area contributed by atoms with Gasteiger partial charge in [0.25, 0.3) is 5.56 Å². The number of aromatic nitrogens is 2. The Kier molecular flexibility index (Phi) is 6.61. The van der Waals surface area contributed by atoms with Gasteiger partial charge in [-0.05, 0) is 29.2 Å². The van der Waals surface area contributed by atoms with Gasteiger partial charge in [0.1, 0.15) is 4.83 Å². The molecule has 0 radical (unpaired) electrons. The van der Waals surface area contributed by atoms with Crippen molar-refractivity contribution < 1.29 is 4.74 Å². The average molecular weight is 481 g/mol. The Hall–Kier alpha value is -1.31. The summed E-state index contributed by atoms with van der Waals surface area (Å²) in [7, 11) is 0. The smallest absolute Gasteiger partial charge is 0.263 e. The molecule has 4 rings (SSSR count). The second-order valence-corrected chi connectivity index (χ2v) is 10.5. The van der Waals surface area contributed by atoms with Crippen LogP contribution in [0.25, 0.3) is 10.2 Å². The lowest BCUT2D eigenvalue weighted by Crippen LogP contribution is -2.28. The Morgan fingerprint density at radius 2 is 2.20 bits per heavy atom. The molecule has 0 amide bonds. The number of rotatable bonds is 6. The van der Waals surface area contributed by atoms with E-state index in [2.05, 4.69) is 20.4 Å². The second kappa shape index (κ2) is 9.05. The van der Waals surface area contributed by atoms with E-state index in [1.165, 1.54) is 11.8 Å². The quantitative estimate of drug-likeness (QED) is 0.234. The Labute approximate surface area is 193 Å². The number of fused-ring (bicyclic) bond motifs is 3. The van der Waals surface area contributed by atoms with Gasteiger partial charge in [0, 0.05) is 23.6 Å². The summed E-state index contributed by atoms with van der Waals surface area (Å²) in [6.07, 6.45) is 2.62. The molecule has 0 fully saturated rings. The van der Waals surface area contributed by atoms with Gasteiger partial charge in [-0.1, -0.05) is 61.0 Å². The third kappa shape index (κ3) is 4.21. The van der Waals surface area contributed by atoms with E-state index < -0.39 is 0 Å². The van der Waals surface area contributed by atoms with E-state index in [9.17, 15) is 4.79 Å². The number of allylic oxidation sites excluding steroid dienone is 1. The van der Waals surface area contributed by atoms with E-state index in [1.54, 1.807) is 28.0 Å². The lowest BCUT2D eigenvalue weighted by Gasteiger charge is -2.26. The number of hydrogen-bond donors (Lipinski definition) is 0. The van der Waals surface area contributed by atoms with Crippen molar-refractivity contribution >= 4 is 56.5 Å². The van der Waals surface area contributed by atoms with Crippen LogP contribution in [0.1, 0.15) is 29.9 Å². The van der Waals surface area contributed by atoms with Crippen LogP contribution in [-0.2, 0) is 30.1 Å². The minimum atomic E-state index is -0.00144. The molecule has 0 saturated carbocycles. The molecule has 1 aliphatic heterocycles. The zero-order chi connectivity index (χ0) is 21.4. The van der Waals surface area contributed by atoms with Crippen LogP contribution in [0.15, 0.2) is 40.8 Å². The van der Waals surface area contributed by atoms with Crippen molar-refractivity contribution in [3.8, 4) is 0 Å². The van der Waals surface area contributed by atoms with Crippen LogP contribution in [0.2, 0.25) is 10.0 Å². The molecule has 158 valence electrons. The third-order valence-electron chi connectivity index (χ3n) is 5.20. The van der Waals surface area contributed by atoms with Gasteiger partial charge in [0.15, 0.2) is 5.16 Å². The number of halogens is 2. The van der Waals surface area contributed by atoms with E-state index >= 15 is 0 Å². The zero-order valence-corrected chi connectivity index (χ0v) is 19.9. The Morgan fingerprint density at radius 3 is 2.90 bits per heavy atom. The first-order chi connectivity index (χ1) is 14.4. The van der Waals surface area contributed by atoms with E-state index in [0.29, 0.717) is 40.0 Å². The topological polar surface area (TPSA) is 44.1 Å². The average Bonchev–Trinajstić information content (AvgIpc) is 3.09. The van der Waals surface area contributed by atoms with Crippen molar-refractivity contribution in [2.24, 2.45) is 5.92 Å². The van der Waals surface area contributed by atoms with Gasteiger partial charge in [-0.25, -0.2) is 4.98 Å². The molecule has 0 bridgehead atoms. The van der Waals surface area contributed by atoms with Crippen molar-refractivity contribution in [3.05, 3.63) is 67.3 Å². The first-order valence-electron chi connectivity index (χ1n) is 9.73. The fourth-order valence-electron chi connectivity index (χ4n) is 3.55. The van der Waals surface area contributed by atoms with Gasteiger partial charge in [-0.2, -0.15) is 0 Å².